The first kappa shape index (κ1) is 21.6. The van der Waals surface area contributed by atoms with Gasteiger partial charge in [0.1, 0.15) is 5.75 Å². The number of ether oxygens (including phenoxy) is 1. The van der Waals surface area contributed by atoms with Gasteiger partial charge in [-0.1, -0.05) is 24.3 Å². The fourth-order valence-electron chi connectivity index (χ4n) is 3.66. The molecule has 158 valence electrons. The van der Waals surface area contributed by atoms with Gasteiger partial charge < -0.3 is 25.4 Å². The lowest BCUT2D eigenvalue weighted by molar-refractivity contribution is -0.114. The molecule has 2 aromatic rings. The summed E-state index contributed by atoms with van der Waals surface area (Å²) < 4.78 is 5.19. The van der Waals surface area contributed by atoms with Crippen LogP contribution < -0.4 is 10.1 Å². The molecule has 0 bridgehead atoms. The fraction of sp³-hybridized carbons (Fsp3) is 0.292. The van der Waals surface area contributed by atoms with E-state index in [1.54, 1.807) is 7.11 Å². The van der Waals surface area contributed by atoms with Crippen molar-refractivity contribution in [2.24, 2.45) is 5.92 Å². The molecule has 6 nitrogen and oxygen atoms in total. The predicted molar refractivity (Wildman–Crippen MR) is 117 cm³/mol. The molecule has 30 heavy (non-hydrogen) atoms. The third-order valence-electron chi connectivity index (χ3n) is 5.35. The van der Waals surface area contributed by atoms with E-state index >= 15 is 0 Å². The highest BCUT2D eigenvalue weighted by molar-refractivity contribution is 6.04. The molecule has 2 aromatic carbocycles. The summed E-state index contributed by atoms with van der Waals surface area (Å²) in [7, 11) is 1.64. The van der Waals surface area contributed by atoms with E-state index in [9.17, 15) is 15.0 Å². The minimum absolute atomic E-state index is 0.0114. The van der Waals surface area contributed by atoms with Gasteiger partial charge in [-0.05, 0) is 59.9 Å². The molecule has 0 fully saturated rings. The number of carbonyl (C=O) groups excluding carboxylic acids is 1. The lowest BCUT2D eigenvalue weighted by atomic mass is 9.81. The number of ketones is 1. The lowest BCUT2D eigenvalue weighted by Crippen LogP contribution is -2.26. The molecule has 0 aliphatic heterocycles. The van der Waals surface area contributed by atoms with Crippen LogP contribution >= 0.6 is 0 Å². The Bertz CT molecular complexity index is 929. The van der Waals surface area contributed by atoms with Crippen LogP contribution in [-0.4, -0.2) is 48.0 Å². The van der Waals surface area contributed by atoms with Crippen molar-refractivity contribution in [3.63, 3.8) is 0 Å². The van der Waals surface area contributed by atoms with Crippen molar-refractivity contribution in [3.8, 4) is 16.9 Å². The van der Waals surface area contributed by atoms with Crippen LogP contribution in [0.15, 0.2) is 71.5 Å². The average Bonchev–Trinajstić information content (AvgIpc) is 2.79. The standard InChI is InChI=1S/C24H27NO5/c1-30-20-10-6-17(7-11-20)16-4-8-19(9-5-16)25-14-22-21(3-2-12-26)18(15-27)13-23(28)24(22)29/h4-11,13,21,25-27,29H,2-3,12,14-15H2,1H3. The Balaban J connectivity index is 1.72. The maximum Gasteiger partial charge on any atom is 0.220 e. The summed E-state index contributed by atoms with van der Waals surface area (Å²) in [6, 6.07) is 15.7. The van der Waals surface area contributed by atoms with Crippen molar-refractivity contribution in [1.29, 1.82) is 0 Å². The van der Waals surface area contributed by atoms with E-state index < -0.39 is 5.78 Å². The number of benzene rings is 2. The van der Waals surface area contributed by atoms with Crippen molar-refractivity contribution < 1.29 is 24.9 Å². The molecule has 0 radical (unpaired) electrons. The second-order valence-corrected chi connectivity index (χ2v) is 7.19. The minimum Gasteiger partial charge on any atom is -0.504 e. The normalized spacial score (nSPS) is 16.4. The number of aliphatic hydroxyl groups is 3. The topological polar surface area (TPSA) is 99.0 Å². The van der Waals surface area contributed by atoms with Crippen LogP contribution in [0, 0.1) is 5.92 Å². The van der Waals surface area contributed by atoms with E-state index in [-0.39, 0.29) is 31.4 Å². The number of rotatable bonds is 9. The molecule has 1 atom stereocenters. The van der Waals surface area contributed by atoms with E-state index in [4.69, 9.17) is 9.84 Å². The second kappa shape index (κ2) is 10.1. The van der Waals surface area contributed by atoms with E-state index in [0.717, 1.165) is 22.6 Å². The summed E-state index contributed by atoms with van der Waals surface area (Å²) in [5.41, 5.74) is 4.09. The number of anilines is 1. The van der Waals surface area contributed by atoms with Crippen molar-refractivity contribution in [1.82, 2.24) is 0 Å². The van der Waals surface area contributed by atoms with Crippen molar-refractivity contribution in [3.05, 3.63) is 71.5 Å². The van der Waals surface area contributed by atoms with Crippen LogP contribution in [0.2, 0.25) is 0 Å². The summed E-state index contributed by atoms with van der Waals surface area (Å²) in [6.07, 6.45) is 2.36. The maximum absolute atomic E-state index is 12.1. The molecule has 6 heteroatoms. The Morgan fingerprint density at radius 3 is 2.20 bits per heavy atom. The third kappa shape index (κ3) is 4.90. The van der Waals surface area contributed by atoms with Crippen molar-refractivity contribution >= 4 is 11.5 Å². The molecule has 0 saturated heterocycles. The molecule has 0 spiro atoms. The number of hydrogen-bond acceptors (Lipinski definition) is 6. The summed E-state index contributed by atoms with van der Waals surface area (Å²) in [5.74, 6) is -0.242. The Morgan fingerprint density at radius 2 is 1.63 bits per heavy atom. The van der Waals surface area contributed by atoms with Gasteiger partial charge in [0.2, 0.25) is 5.78 Å². The van der Waals surface area contributed by atoms with E-state index in [1.807, 2.05) is 48.5 Å². The Hall–Kier alpha value is -3.09. The number of carbonyl (C=O) groups is 1. The van der Waals surface area contributed by atoms with Crippen LogP contribution in [0.3, 0.4) is 0 Å². The van der Waals surface area contributed by atoms with Gasteiger partial charge >= 0.3 is 0 Å². The Kier molecular flexibility index (Phi) is 7.27. The summed E-state index contributed by atoms with van der Waals surface area (Å²) in [6.45, 7) is 0.0273. The van der Waals surface area contributed by atoms with Gasteiger partial charge in [-0.15, -0.1) is 0 Å². The number of aliphatic hydroxyl groups excluding tert-OH is 3. The first-order chi connectivity index (χ1) is 14.6. The smallest absolute Gasteiger partial charge is 0.220 e. The quantitative estimate of drug-likeness (QED) is 0.506. The highest BCUT2D eigenvalue weighted by atomic mass is 16.5. The fourth-order valence-corrected chi connectivity index (χ4v) is 3.66. The van der Waals surface area contributed by atoms with E-state index in [1.165, 1.54) is 6.08 Å². The van der Waals surface area contributed by atoms with Crippen molar-refractivity contribution in [2.75, 3.05) is 32.2 Å². The molecule has 1 unspecified atom stereocenters. The van der Waals surface area contributed by atoms with Gasteiger partial charge in [-0.2, -0.15) is 0 Å². The first-order valence-corrected chi connectivity index (χ1v) is 9.94. The van der Waals surface area contributed by atoms with Gasteiger partial charge in [-0.25, -0.2) is 0 Å². The van der Waals surface area contributed by atoms with Crippen LogP contribution in [0.5, 0.6) is 5.75 Å². The summed E-state index contributed by atoms with van der Waals surface area (Å²) in [4.78, 5) is 12.1. The van der Waals surface area contributed by atoms with E-state index in [2.05, 4.69) is 5.32 Å². The second-order valence-electron chi connectivity index (χ2n) is 7.19. The summed E-state index contributed by atoms with van der Waals surface area (Å²) in [5, 5.41) is 32.4. The first-order valence-electron chi connectivity index (χ1n) is 9.94. The molecule has 3 rings (SSSR count). The monoisotopic (exact) mass is 409 g/mol. The highest BCUT2D eigenvalue weighted by Gasteiger charge is 2.29. The SMILES string of the molecule is COc1ccc(-c2ccc(NCC3=C(O)C(=O)C=C(CO)C3CCCO)cc2)cc1. The maximum atomic E-state index is 12.1. The van der Waals surface area contributed by atoms with Gasteiger partial charge in [0.05, 0.1) is 13.7 Å². The molecule has 4 N–H and O–H groups in total. The van der Waals surface area contributed by atoms with Crippen LogP contribution in [0.25, 0.3) is 11.1 Å². The largest absolute Gasteiger partial charge is 0.504 e. The number of hydrogen-bond donors (Lipinski definition) is 4. The molecule has 0 heterocycles. The molecule has 0 saturated carbocycles. The molecule has 0 amide bonds. The zero-order chi connectivity index (χ0) is 21.5. The molecule has 1 aliphatic rings. The van der Waals surface area contributed by atoms with Gasteiger partial charge in [0.15, 0.2) is 5.76 Å². The Morgan fingerprint density at radius 1 is 1.00 bits per heavy atom. The lowest BCUT2D eigenvalue weighted by Gasteiger charge is -2.27. The number of allylic oxidation sites excluding steroid dienone is 1. The molecule has 0 aromatic heterocycles. The molecular formula is C24H27NO5. The van der Waals surface area contributed by atoms with Gasteiger partial charge in [0.25, 0.3) is 0 Å². The van der Waals surface area contributed by atoms with Crippen molar-refractivity contribution in [2.45, 2.75) is 12.8 Å². The number of methoxy groups -OCH3 is 1. The number of nitrogens with one attached hydrogen (secondary N) is 1. The molecule has 1 aliphatic carbocycles. The van der Waals surface area contributed by atoms with Crippen LogP contribution in [0.1, 0.15) is 12.8 Å². The van der Waals surface area contributed by atoms with Gasteiger partial charge in [0, 0.05) is 30.3 Å². The Labute approximate surface area is 176 Å². The average molecular weight is 409 g/mol. The van der Waals surface area contributed by atoms with E-state index in [0.29, 0.717) is 24.0 Å². The van der Waals surface area contributed by atoms with Crippen LogP contribution in [0.4, 0.5) is 5.69 Å². The highest BCUT2D eigenvalue weighted by Crippen LogP contribution is 2.32. The summed E-state index contributed by atoms with van der Waals surface area (Å²) >= 11 is 0. The zero-order valence-corrected chi connectivity index (χ0v) is 17.0. The predicted octanol–water partition coefficient (Wildman–Crippen LogP) is 3.48. The zero-order valence-electron chi connectivity index (χ0n) is 17.0. The van der Waals surface area contributed by atoms with Gasteiger partial charge in [-0.3, -0.25) is 4.79 Å². The third-order valence-corrected chi connectivity index (χ3v) is 5.35. The molecular weight excluding hydrogens is 382 g/mol. The minimum atomic E-state index is -0.494. The van der Waals surface area contributed by atoms with Crippen LogP contribution in [-0.2, 0) is 4.79 Å².